The van der Waals surface area contributed by atoms with Crippen LogP contribution in [0.25, 0.3) is 0 Å². The SMILES string of the molecule is O=C(c1ccc(F)cc1)c1ccc(Oc2ccc(O)cc2)cc1.O=[N+]([O-])c1ccccc1C(O)C(O)c1ccccc1[N+](=O)[O-].O=[N+]([O-])c1ccccc1C1OC(c2ccc(F)cc2)(c2ccc(Oc3ccc(O)cc3)cc2)OC1c1ccccc1[N+](=O)[O-].Oc1ccc(Oc2ccc(C3(c4ccc(F)cc4)SCCCS3)cc2)cc1.SCCCS. The minimum absolute atomic E-state index is 0.0888. The second kappa shape index (κ2) is 42.1. The van der Waals surface area contributed by atoms with Gasteiger partial charge in [0.1, 0.15) is 97.7 Å². The number of nitro groups is 4. The molecule has 2 heterocycles. The van der Waals surface area contributed by atoms with Gasteiger partial charge < -0.3 is 49.2 Å². The van der Waals surface area contributed by atoms with Crippen molar-refractivity contribution in [2.24, 2.45) is 0 Å². The van der Waals surface area contributed by atoms with Crippen molar-refractivity contribution >= 4 is 77.3 Å². The number of para-hydroxylation sites is 4. The van der Waals surface area contributed by atoms with Crippen molar-refractivity contribution in [3.63, 3.8) is 0 Å². The third-order valence-corrected chi connectivity index (χ3v) is 22.6. The number of nitrogens with zero attached hydrogens (tertiary/aromatic N) is 4. The van der Waals surface area contributed by atoms with Gasteiger partial charge in [-0.3, -0.25) is 45.3 Å². The van der Waals surface area contributed by atoms with Crippen molar-refractivity contribution in [2.75, 3.05) is 23.0 Å². The van der Waals surface area contributed by atoms with Crippen LogP contribution in [0.2, 0.25) is 0 Å². The molecule has 2 aliphatic rings. The van der Waals surface area contributed by atoms with Crippen LogP contribution >= 0.6 is 48.8 Å². The number of carbonyl (C=O) groups is 1. The minimum atomic E-state index is -1.77. The number of aromatic hydroxyl groups is 3. The van der Waals surface area contributed by atoms with Crippen LogP contribution in [0, 0.1) is 57.9 Å². The molecule has 0 bridgehead atoms. The van der Waals surface area contributed by atoms with Crippen LogP contribution in [0.15, 0.2) is 315 Å². The van der Waals surface area contributed by atoms with E-state index in [1.54, 1.807) is 109 Å². The Morgan fingerprint density at radius 1 is 0.388 bits per heavy atom. The Kier molecular flexibility index (Phi) is 30.9. The van der Waals surface area contributed by atoms with Crippen molar-refractivity contribution in [2.45, 2.75) is 47.1 Å². The van der Waals surface area contributed by atoms with Gasteiger partial charge in [-0.25, -0.2) is 13.2 Å². The number of carbonyl (C=O) groups excluding carboxylic acids is 1. The first kappa shape index (κ1) is 88.8. The minimum Gasteiger partial charge on any atom is -0.508 e. The number of ether oxygens (including phenoxy) is 5. The number of rotatable bonds is 23. The smallest absolute Gasteiger partial charge is 0.275 e. The first-order valence-corrected chi connectivity index (χ1v) is 40.3. The topological polar surface area (TPSA) is 337 Å². The maximum Gasteiger partial charge on any atom is 0.275 e. The van der Waals surface area contributed by atoms with Gasteiger partial charge >= 0.3 is 0 Å². The highest BCUT2D eigenvalue weighted by Crippen LogP contribution is 2.58. The van der Waals surface area contributed by atoms with E-state index in [1.165, 1.54) is 182 Å². The zero-order valence-electron chi connectivity index (χ0n) is 63.7. The number of thioether (sulfide) groups is 2. The summed E-state index contributed by atoms with van der Waals surface area (Å²) in [4.78, 5) is 55.9. The molecule has 0 saturated carbocycles. The molecule has 0 radical (unpaired) electrons. The third kappa shape index (κ3) is 22.9. The van der Waals surface area contributed by atoms with Gasteiger partial charge in [0, 0.05) is 46.5 Å². The number of phenolic OH excluding ortho intramolecular Hbond substituents is 3. The van der Waals surface area contributed by atoms with Gasteiger partial charge in [-0.2, -0.15) is 25.3 Å². The number of aliphatic hydroxyl groups excluding tert-OH is 2. The molecular weight excluding hydrogens is 1640 g/mol. The molecule has 2 saturated heterocycles. The normalized spacial score (nSPS) is 15.4. The lowest BCUT2D eigenvalue weighted by Gasteiger charge is -2.37. The molecule has 5 N–H and O–H groups in total. The summed E-state index contributed by atoms with van der Waals surface area (Å²) >= 11 is 11.7. The molecule has 0 aromatic heterocycles. The van der Waals surface area contributed by atoms with Crippen molar-refractivity contribution < 1.29 is 86.9 Å². The molecule has 15 rings (SSSR count). The van der Waals surface area contributed by atoms with Gasteiger partial charge in [-0.05, 0) is 253 Å². The van der Waals surface area contributed by atoms with Gasteiger partial charge in [0.25, 0.3) is 22.7 Å². The van der Waals surface area contributed by atoms with Gasteiger partial charge in [0.2, 0.25) is 5.79 Å². The largest absolute Gasteiger partial charge is 0.508 e. The fraction of sp³-hybridized carbons (Fsp3) is 0.132. The zero-order chi connectivity index (χ0) is 86.2. The van der Waals surface area contributed by atoms with Gasteiger partial charge in [-0.15, -0.1) is 23.5 Å². The summed E-state index contributed by atoms with van der Waals surface area (Å²) in [5.41, 5.74) is 2.84. The summed E-state index contributed by atoms with van der Waals surface area (Å²) < 4.78 is 70.9. The first-order chi connectivity index (χ1) is 58.4. The quantitative estimate of drug-likeness (QED) is 0.0135. The van der Waals surface area contributed by atoms with Crippen LogP contribution < -0.4 is 14.2 Å². The Labute approximate surface area is 710 Å². The molecule has 2 fully saturated rings. The summed E-state index contributed by atoms with van der Waals surface area (Å²) in [5.74, 6) is 5.00. The highest BCUT2D eigenvalue weighted by molar-refractivity contribution is 8.18. The van der Waals surface area contributed by atoms with E-state index in [0.29, 0.717) is 51.0 Å². The van der Waals surface area contributed by atoms with Crippen LogP contribution in [0.1, 0.15) is 97.7 Å². The van der Waals surface area contributed by atoms with Crippen molar-refractivity contribution in [3.8, 4) is 51.7 Å². The summed E-state index contributed by atoms with van der Waals surface area (Å²) in [6.07, 6.45) is -3.40. The van der Waals surface area contributed by atoms with Crippen LogP contribution in [0.4, 0.5) is 35.9 Å². The molecule has 13 aromatic carbocycles. The number of hydrogen-bond acceptors (Lipinski definition) is 23. The molecule has 121 heavy (non-hydrogen) atoms. The maximum absolute atomic E-state index is 14.1. The Hall–Kier alpha value is -13.0. The molecule has 30 heteroatoms. The molecule has 23 nitrogen and oxygen atoms in total. The third-order valence-electron chi connectivity index (χ3n) is 18.5. The predicted molar refractivity (Wildman–Crippen MR) is 460 cm³/mol. The Bertz CT molecular complexity index is 5530. The van der Waals surface area contributed by atoms with Crippen LogP contribution in [-0.4, -0.2) is 74.0 Å². The molecule has 13 aromatic rings. The summed E-state index contributed by atoms with van der Waals surface area (Å²) in [6, 6.07) is 80.9. The van der Waals surface area contributed by atoms with Crippen LogP contribution in [0.5, 0.6) is 51.7 Å². The molecule has 0 aliphatic carbocycles. The van der Waals surface area contributed by atoms with Crippen molar-refractivity contribution in [1.82, 2.24) is 0 Å². The molecular formula is C91H75F3N4O19S4. The van der Waals surface area contributed by atoms with E-state index >= 15 is 0 Å². The van der Waals surface area contributed by atoms with Gasteiger partial charge in [0.05, 0.1) is 41.9 Å². The number of hydrogen-bond donors (Lipinski definition) is 7. The van der Waals surface area contributed by atoms with E-state index in [1.807, 2.05) is 47.8 Å². The fourth-order valence-corrected chi connectivity index (χ4v) is 16.6. The van der Waals surface area contributed by atoms with E-state index < -0.39 is 55.7 Å². The van der Waals surface area contributed by atoms with Gasteiger partial charge in [-0.1, -0.05) is 84.9 Å². The number of thiol groups is 2. The van der Waals surface area contributed by atoms with E-state index in [0.717, 1.165) is 40.7 Å². The predicted octanol–water partition coefficient (Wildman–Crippen LogP) is 22.3. The Morgan fingerprint density at radius 2 is 0.653 bits per heavy atom. The van der Waals surface area contributed by atoms with Crippen LogP contribution in [-0.2, 0) is 19.3 Å². The number of aliphatic hydroxyl groups is 2. The van der Waals surface area contributed by atoms with E-state index in [4.69, 9.17) is 23.7 Å². The fourth-order valence-electron chi connectivity index (χ4n) is 12.7. The van der Waals surface area contributed by atoms with E-state index in [2.05, 4.69) is 37.4 Å². The molecule has 0 amide bonds. The Balaban J connectivity index is 0.000000161. The van der Waals surface area contributed by atoms with Gasteiger partial charge in [0.15, 0.2) is 5.78 Å². The second-order valence-electron chi connectivity index (χ2n) is 26.5. The number of nitro benzene ring substituents is 4. The van der Waals surface area contributed by atoms with E-state index in [9.17, 15) is 84.0 Å². The average Bonchev–Trinajstić information content (AvgIpc) is 1.58. The second-order valence-corrected chi connectivity index (χ2v) is 30.3. The number of phenols is 3. The summed E-state index contributed by atoms with van der Waals surface area (Å²) in [6.45, 7) is 0. The highest BCUT2D eigenvalue weighted by Gasteiger charge is 2.54. The molecule has 2 aliphatic heterocycles. The number of ketones is 1. The molecule has 4 atom stereocenters. The van der Waals surface area contributed by atoms with Crippen LogP contribution in [0.3, 0.4) is 0 Å². The number of benzene rings is 13. The monoisotopic (exact) mass is 1710 g/mol. The zero-order valence-corrected chi connectivity index (χ0v) is 67.1. The standard InChI is InChI=1S/C33H23FN2O8.C22H19FO2S2.C19H13FO3.C14H12N2O6.C3H8S2/c34-23-13-9-21(10-14-23)33(22-11-17-25(18-12-22)42-26-19-15-24(37)16-20-26)43-31(27-5-1-3-7-29(27)35(38)39)32(44-33)28-6-2-4-8-30(28)36(40)41;23-18-6-2-16(3-7-18)22(26-14-1-15-27-22)17-4-10-20(11-5-17)25-21-12-8-19(24)9-13-21;20-15-5-1-13(2-6-15)19(22)14-3-9-17(10-4-14)23-18-11-7-16(21)8-12-18;17-13(9-5-1-3-7-11(9)15(19)20)14(18)10-6-2-4-8-12(10)16(21)22;4-2-1-3-5/h1-20,31-32,37H;2-13,24H,1,14-15H2;1-12,21H;1-8,13-14,17-18H;4-5H,1-3H2. The highest BCUT2D eigenvalue weighted by atomic mass is 32.2. The Morgan fingerprint density at radius 3 is 0.975 bits per heavy atom. The lowest BCUT2D eigenvalue weighted by Crippen LogP contribution is -2.29. The van der Waals surface area contributed by atoms with Crippen molar-refractivity contribution in [1.29, 1.82) is 0 Å². The summed E-state index contributed by atoms with van der Waals surface area (Å²) in [7, 11) is 0. The lowest BCUT2D eigenvalue weighted by molar-refractivity contribution is -0.387. The lowest BCUT2D eigenvalue weighted by atomic mass is 9.96. The average molecular weight is 1710 g/mol. The maximum atomic E-state index is 14.1. The van der Waals surface area contributed by atoms with E-state index in [-0.39, 0.29) is 83.7 Å². The molecule has 4 unspecified atom stereocenters. The summed E-state index contributed by atoms with van der Waals surface area (Å²) in [5, 5.41) is 94.6. The van der Waals surface area contributed by atoms with Crippen molar-refractivity contribution in [3.05, 3.63) is 429 Å². The molecule has 618 valence electrons. The first-order valence-electron chi connectivity index (χ1n) is 37.1. The molecule has 0 spiro atoms. The number of halogens is 3.